The number of hydrogen-bond acceptors (Lipinski definition) is 6. The second kappa shape index (κ2) is 6.30. The van der Waals surface area contributed by atoms with Crippen LogP contribution in [-0.4, -0.2) is 21.4 Å². The van der Waals surface area contributed by atoms with Crippen molar-refractivity contribution in [2.75, 3.05) is 11.6 Å². The molecule has 5 nitrogen and oxygen atoms in total. The van der Waals surface area contributed by atoms with Gasteiger partial charge < -0.3 is 10.1 Å². The van der Waals surface area contributed by atoms with Gasteiger partial charge in [0.15, 0.2) is 11.9 Å². The quantitative estimate of drug-likeness (QED) is 0.686. The van der Waals surface area contributed by atoms with Gasteiger partial charge in [0, 0.05) is 21.8 Å². The molecule has 0 fully saturated rings. The molecule has 1 atom stereocenters. The fourth-order valence-electron chi connectivity index (χ4n) is 2.56. The van der Waals surface area contributed by atoms with Crippen molar-refractivity contribution in [1.29, 1.82) is 0 Å². The SMILES string of the molecule is CSc1nnc2c(n1)O[C@@H](c1ccccc1Cl)Nc1ccccc1-2. The van der Waals surface area contributed by atoms with Gasteiger partial charge in [-0.3, -0.25) is 0 Å². The molecule has 3 aromatic rings. The third-order valence-electron chi connectivity index (χ3n) is 3.70. The molecule has 2 aromatic carbocycles. The van der Waals surface area contributed by atoms with Crippen LogP contribution in [0.5, 0.6) is 5.88 Å². The van der Waals surface area contributed by atoms with Gasteiger partial charge in [-0.25, -0.2) is 0 Å². The average molecular weight is 357 g/mol. The Bertz CT molecular complexity index is 905. The molecule has 120 valence electrons. The molecule has 0 saturated carbocycles. The molecule has 0 saturated heterocycles. The van der Waals surface area contributed by atoms with Gasteiger partial charge in [0.1, 0.15) is 0 Å². The zero-order chi connectivity index (χ0) is 16.5. The van der Waals surface area contributed by atoms with Crippen LogP contribution in [0.4, 0.5) is 5.69 Å². The number of aromatic nitrogens is 3. The Hall–Kier alpha value is -2.31. The van der Waals surface area contributed by atoms with Crippen LogP contribution in [0.1, 0.15) is 11.8 Å². The summed E-state index contributed by atoms with van der Waals surface area (Å²) in [6.45, 7) is 0. The second-order valence-corrected chi connectivity index (χ2v) is 6.34. The first-order valence-corrected chi connectivity index (χ1v) is 8.92. The summed E-state index contributed by atoms with van der Waals surface area (Å²) in [4.78, 5) is 4.48. The third kappa shape index (κ3) is 2.68. The molecule has 4 rings (SSSR count). The summed E-state index contributed by atoms with van der Waals surface area (Å²) < 4.78 is 6.13. The van der Waals surface area contributed by atoms with Crippen molar-refractivity contribution < 1.29 is 4.74 Å². The lowest BCUT2D eigenvalue weighted by Crippen LogP contribution is -2.17. The largest absolute Gasteiger partial charge is 0.448 e. The van der Waals surface area contributed by atoms with E-state index in [4.69, 9.17) is 16.3 Å². The minimum atomic E-state index is -0.465. The molecule has 2 heterocycles. The normalized spacial score (nSPS) is 15.5. The van der Waals surface area contributed by atoms with Gasteiger partial charge >= 0.3 is 0 Å². The van der Waals surface area contributed by atoms with E-state index in [2.05, 4.69) is 20.5 Å². The number of rotatable bonds is 2. The topological polar surface area (TPSA) is 59.9 Å². The summed E-state index contributed by atoms with van der Waals surface area (Å²) in [6.07, 6.45) is 1.44. The molecule has 1 aromatic heterocycles. The molecule has 1 aliphatic rings. The number of halogens is 1. The van der Waals surface area contributed by atoms with E-state index in [0.29, 0.717) is 21.8 Å². The molecule has 0 bridgehead atoms. The Kier molecular flexibility index (Phi) is 4.00. The molecule has 0 aliphatic carbocycles. The molecule has 7 heteroatoms. The zero-order valence-electron chi connectivity index (χ0n) is 12.7. The number of ether oxygens (including phenoxy) is 1. The smallest absolute Gasteiger partial charge is 0.247 e. The molecule has 0 unspecified atom stereocenters. The van der Waals surface area contributed by atoms with E-state index in [1.165, 1.54) is 11.8 Å². The van der Waals surface area contributed by atoms with E-state index in [0.717, 1.165) is 16.8 Å². The average Bonchev–Trinajstić information content (AvgIpc) is 2.78. The van der Waals surface area contributed by atoms with E-state index in [1.54, 1.807) is 0 Å². The Morgan fingerprint density at radius 1 is 1.08 bits per heavy atom. The van der Waals surface area contributed by atoms with Crippen LogP contribution < -0.4 is 10.1 Å². The maximum absolute atomic E-state index is 6.35. The van der Waals surface area contributed by atoms with Crippen LogP contribution in [0.2, 0.25) is 5.02 Å². The molecular formula is C17H13ClN4OS. The van der Waals surface area contributed by atoms with Crippen molar-refractivity contribution in [2.24, 2.45) is 0 Å². The summed E-state index contributed by atoms with van der Waals surface area (Å²) in [5.74, 6) is 0.441. The van der Waals surface area contributed by atoms with Crippen LogP contribution >= 0.6 is 23.4 Å². The van der Waals surface area contributed by atoms with Gasteiger partial charge in [-0.05, 0) is 18.4 Å². The van der Waals surface area contributed by atoms with Gasteiger partial charge in [-0.2, -0.15) is 4.98 Å². The molecule has 0 radical (unpaired) electrons. The number of fused-ring (bicyclic) bond motifs is 3. The van der Waals surface area contributed by atoms with E-state index in [1.807, 2.05) is 54.8 Å². The summed E-state index contributed by atoms with van der Waals surface area (Å²) in [6, 6.07) is 15.4. The van der Waals surface area contributed by atoms with Crippen molar-refractivity contribution in [3.05, 3.63) is 59.1 Å². The number of anilines is 1. The van der Waals surface area contributed by atoms with E-state index < -0.39 is 6.23 Å². The van der Waals surface area contributed by atoms with Crippen molar-refractivity contribution in [1.82, 2.24) is 15.2 Å². The minimum Gasteiger partial charge on any atom is -0.448 e. The zero-order valence-corrected chi connectivity index (χ0v) is 14.3. The van der Waals surface area contributed by atoms with E-state index >= 15 is 0 Å². The lowest BCUT2D eigenvalue weighted by atomic mass is 10.1. The van der Waals surface area contributed by atoms with Gasteiger partial charge in [0.05, 0.1) is 0 Å². The number of benzene rings is 2. The Labute approximate surface area is 148 Å². The van der Waals surface area contributed by atoms with E-state index in [-0.39, 0.29) is 0 Å². The van der Waals surface area contributed by atoms with Crippen LogP contribution in [-0.2, 0) is 0 Å². The summed E-state index contributed by atoms with van der Waals surface area (Å²) in [5.41, 5.74) is 3.25. The van der Waals surface area contributed by atoms with Crippen molar-refractivity contribution >= 4 is 29.1 Å². The highest BCUT2D eigenvalue weighted by atomic mass is 35.5. The predicted octanol–water partition coefficient (Wildman–Crippen LogP) is 4.42. The number of para-hydroxylation sites is 1. The highest BCUT2D eigenvalue weighted by Crippen LogP contribution is 2.40. The van der Waals surface area contributed by atoms with Crippen molar-refractivity contribution in [3.8, 4) is 17.1 Å². The van der Waals surface area contributed by atoms with E-state index in [9.17, 15) is 0 Å². The van der Waals surface area contributed by atoms with Gasteiger partial charge in [-0.15, -0.1) is 10.2 Å². The Balaban J connectivity index is 1.89. The van der Waals surface area contributed by atoms with Gasteiger partial charge in [0.2, 0.25) is 11.0 Å². The van der Waals surface area contributed by atoms with Gasteiger partial charge in [0.25, 0.3) is 0 Å². The number of thioether (sulfide) groups is 1. The number of hydrogen-bond donors (Lipinski definition) is 1. The van der Waals surface area contributed by atoms with Crippen molar-refractivity contribution in [2.45, 2.75) is 11.4 Å². The summed E-state index contributed by atoms with van der Waals surface area (Å²) in [5, 5.41) is 13.0. The lowest BCUT2D eigenvalue weighted by molar-refractivity contribution is 0.225. The Morgan fingerprint density at radius 2 is 1.88 bits per heavy atom. The van der Waals surface area contributed by atoms with Crippen LogP contribution in [0.3, 0.4) is 0 Å². The molecule has 0 spiro atoms. The monoisotopic (exact) mass is 356 g/mol. The minimum absolute atomic E-state index is 0.441. The van der Waals surface area contributed by atoms with Crippen LogP contribution in [0.15, 0.2) is 53.7 Å². The first-order chi connectivity index (χ1) is 11.8. The first kappa shape index (κ1) is 15.2. The van der Waals surface area contributed by atoms with Crippen LogP contribution in [0.25, 0.3) is 11.3 Å². The summed E-state index contributed by atoms with van der Waals surface area (Å²) >= 11 is 7.77. The number of nitrogens with one attached hydrogen (secondary N) is 1. The fraction of sp³-hybridized carbons (Fsp3) is 0.118. The molecule has 1 aliphatic heterocycles. The second-order valence-electron chi connectivity index (χ2n) is 5.16. The molecule has 0 amide bonds. The van der Waals surface area contributed by atoms with Crippen molar-refractivity contribution in [3.63, 3.8) is 0 Å². The first-order valence-electron chi connectivity index (χ1n) is 7.32. The maximum atomic E-state index is 6.35. The van der Waals surface area contributed by atoms with Gasteiger partial charge in [-0.1, -0.05) is 59.8 Å². The molecular weight excluding hydrogens is 344 g/mol. The predicted molar refractivity (Wildman–Crippen MR) is 95.5 cm³/mol. The fourth-order valence-corrected chi connectivity index (χ4v) is 3.09. The Morgan fingerprint density at radius 3 is 2.71 bits per heavy atom. The third-order valence-corrected chi connectivity index (χ3v) is 4.59. The standard InChI is InChI=1S/C17H13ClN4OS/c1-24-17-20-16-14(21-22-17)11-7-3-5-9-13(11)19-15(23-16)10-6-2-4-8-12(10)18/h2-9,15,19H,1H3/t15-/m0/s1. The molecule has 1 N–H and O–H groups in total. The summed E-state index contributed by atoms with van der Waals surface area (Å²) in [7, 11) is 0. The number of nitrogens with zero attached hydrogens (tertiary/aromatic N) is 3. The molecule has 24 heavy (non-hydrogen) atoms. The highest BCUT2D eigenvalue weighted by molar-refractivity contribution is 7.98. The lowest BCUT2D eigenvalue weighted by Gasteiger charge is -2.20. The van der Waals surface area contributed by atoms with Crippen LogP contribution in [0, 0.1) is 0 Å². The highest BCUT2D eigenvalue weighted by Gasteiger charge is 2.26. The maximum Gasteiger partial charge on any atom is 0.247 e.